The van der Waals surface area contributed by atoms with E-state index >= 15 is 0 Å². The number of hydrogen-bond acceptors (Lipinski definition) is 1. The molecule has 1 aromatic rings. The molecule has 0 fully saturated rings. The number of nitrogens with zero attached hydrogens (tertiary/aromatic N) is 1. The van der Waals surface area contributed by atoms with Gasteiger partial charge in [-0.3, -0.25) is 0 Å². The molecule has 1 amide bonds. The molecule has 1 atom stereocenters. The Labute approximate surface area is 97.8 Å². The van der Waals surface area contributed by atoms with Gasteiger partial charge in [0, 0.05) is 11.0 Å². The molecule has 0 heterocycles. The highest BCUT2D eigenvalue weighted by Crippen LogP contribution is 2.22. The van der Waals surface area contributed by atoms with Crippen LogP contribution in [0.2, 0.25) is 0 Å². The summed E-state index contributed by atoms with van der Waals surface area (Å²) in [6.07, 6.45) is -0.884. The van der Waals surface area contributed by atoms with E-state index in [0.29, 0.717) is 6.54 Å². The van der Waals surface area contributed by atoms with Crippen molar-refractivity contribution in [1.29, 1.82) is 0 Å². The standard InChI is InChI=1S/C11H14BrNO2/c1-3-13(11(14)15)8(2)9-5-4-6-10(12)7-9/h4-8H,3H2,1-2H3,(H,14,15)/t8-/m1/s1. The van der Waals surface area contributed by atoms with Crippen LogP contribution in [-0.2, 0) is 0 Å². The van der Waals surface area contributed by atoms with Gasteiger partial charge in [-0.15, -0.1) is 0 Å². The molecule has 1 N–H and O–H groups in total. The summed E-state index contributed by atoms with van der Waals surface area (Å²) in [5.41, 5.74) is 0.994. The summed E-state index contributed by atoms with van der Waals surface area (Å²) in [4.78, 5) is 12.3. The lowest BCUT2D eigenvalue weighted by Crippen LogP contribution is -2.31. The van der Waals surface area contributed by atoms with Crippen LogP contribution in [0.4, 0.5) is 4.79 Å². The monoisotopic (exact) mass is 271 g/mol. The molecule has 0 unspecified atom stereocenters. The molecule has 0 aliphatic heterocycles. The second kappa shape index (κ2) is 5.16. The highest BCUT2D eigenvalue weighted by Gasteiger charge is 2.18. The molecule has 0 spiro atoms. The summed E-state index contributed by atoms with van der Waals surface area (Å²) in [5, 5.41) is 8.99. The number of amides is 1. The zero-order valence-corrected chi connectivity index (χ0v) is 10.4. The first kappa shape index (κ1) is 12.0. The SMILES string of the molecule is CCN(C(=O)O)[C@H](C)c1cccc(Br)c1. The number of hydrogen-bond donors (Lipinski definition) is 1. The van der Waals surface area contributed by atoms with Crippen molar-refractivity contribution in [2.75, 3.05) is 6.54 Å². The summed E-state index contributed by atoms with van der Waals surface area (Å²) < 4.78 is 0.966. The van der Waals surface area contributed by atoms with Crippen molar-refractivity contribution in [2.45, 2.75) is 19.9 Å². The van der Waals surface area contributed by atoms with Crippen LogP contribution in [0.15, 0.2) is 28.7 Å². The molecule has 0 saturated carbocycles. The van der Waals surface area contributed by atoms with Crippen molar-refractivity contribution in [3.63, 3.8) is 0 Å². The number of carboxylic acid groups (broad SMARTS) is 1. The number of benzene rings is 1. The van der Waals surface area contributed by atoms with Crippen molar-refractivity contribution in [3.05, 3.63) is 34.3 Å². The fourth-order valence-electron chi connectivity index (χ4n) is 1.52. The Balaban J connectivity index is 2.92. The molecule has 0 bridgehead atoms. The first-order valence-corrected chi connectivity index (χ1v) is 5.60. The van der Waals surface area contributed by atoms with Gasteiger partial charge in [0.2, 0.25) is 0 Å². The highest BCUT2D eigenvalue weighted by molar-refractivity contribution is 9.10. The number of carbonyl (C=O) groups is 1. The van der Waals surface area contributed by atoms with E-state index in [9.17, 15) is 4.79 Å². The van der Waals surface area contributed by atoms with Crippen LogP contribution in [-0.4, -0.2) is 22.6 Å². The van der Waals surface area contributed by atoms with E-state index < -0.39 is 6.09 Å². The third-order valence-electron chi connectivity index (χ3n) is 2.38. The molecule has 3 nitrogen and oxygen atoms in total. The van der Waals surface area contributed by atoms with Crippen molar-refractivity contribution < 1.29 is 9.90 Å². The first-order valence-electron chi connectivity index (χ1n) is 4.81. The average molecular weight is 272 g/mol. The van der Waals surface area contributed by atoms with Gasteiger partial charge in [-0.2, -0.15) is 0 Å². The minimum atomic E-state index is -0.884. The van der Waals surface area contributed by atoms with Crippen molar-refractivity contribution in [2.24, 2.45) is 0 Å². The molecule has 1 aromatic carbocycles. The molecular weight excluding hydrogens is 258 g/mol. The Kier molecular flexibility index (Phi) is 4.15. The van der Waals surface area contributed by atoms with Crippen LogP contribution < -0.4 is 0 Å². The van der Waals surface area contributed by atoms with Gasteiger partial charge >= 0.3 is 6.09 Å². The molecule has 0 radical (unpaired) electrons. The quantitative estimate of drug-likeness (QED) is 0.914. The molecule has 0 aromatic heterocycles. The Morgan fingerprint density at radius 2 is 2.27 bits per heavy atom. The summed E-state index contributed by atoms with van der Waals surface area (Å²) in [6.45, 7) is 4.21. The van der Waals surface area contributed by atoms with Crippen LogP contribution in [0.25, 0.3) is 0 Å². The normalized spacial score (nSPS) is 12.2. The van der Waals surface area contributed by atoms with E-state index in [2.05, 4.69) is 15.9 Å². The van der Waals surface area contributed by atoms with Crippen molar-refractivity contribution in [3.8, 4) is 0 Å². The van der Waals surface area contributed by atoms with Gasteiger partial charge in [-0.05, 0) is 31.5 Å². The third-order valence-corrected chi connectivity index (χ3v) is 2.88. The predicted molar refractivity (Wildman–Crippen MR) is 63.0 cm³/mol. The fourth-order valence-corrected chi connectivity index (χ4v) is 1.94. The number of rotatable bonds is 3. The average Bonchev–Trinajstić information content (AvgIpc) is 2.18. The smallest absolute Gasteiger partial charge is 0.407 e. The zero-order chi connectivity index (χ0) is 11.4. The Bertz CT molecular complexity index is 354. The largest absolute Gasteiger partial charge is 0.465 e. The molecule has 1 rings (SSSR count). The summed E-state index contributed by atoms with van der Waals surface area (Å²) in [6, 6.07) is 7.58. The van der Waals surface area contributed by atoms with Crippen LogP contribution in [0.5, 0.6) is 0 Å². The fraction of sp³-hybridized carbons (Fsp3) is 0.364. The zero-order valence-electron chi connectivity index (χ0n) is 8.77. The maximum absolute atomic E-state index is 10.9. The van der Waals surface area contributed by atoms with Gasteiger partial charge in [-0.25, -0.2) is 4.79 Å². The van der Waals surface area contributed by atoms with Crippen LogP contribution in [0.3, 0.4) is 0 Å². The van der Waals surface area contributed by atoms with Gasteiger partial charge in [0.05, 0.1) is 6.04 Å². The minimum Gasteiger partial charge on any atom is -0.465 e. The predicted octanol–water partition coefficient (Wildman–Crippen LogP) is 3.51. The van der Waals surface area contributed by atoms with Crippen LogP contribution in [0.1, 0.15) is 25.5 Å². The summed E-state index contributed by atoms with van der Waals surface area (Å²) >= 11 is 3.37. The lowest BCUT2D eigenvalue weighted by atomic mass is 10.1. The van der Waals surface area contributed by atoms with Gasteiger partial charge < -0.3 is 10.0 Å². The van der Waals surface area contributed by atoms with Gasteiger partial charge in [-0.1, -0.05) is 28.1 Å². The maximum Gasteiger partial charge on any atom is 0.407 e. The van der Waals surface area contributed by atoms with Crippen molar-refractivity contribution >= 4 is 22.0 Å². The second-order valence-corrected chi connectivity index (χ2v) is 4.22. The third kappa shape index (κ3) is 2.96. The van der Waals surface area contributed by atoms with E-state index in [0.717, 1.165) is 10.0 Å². The van der Waals surface area contributed by atoms with Crippen LogP contribution in [0, 0.1) is 0 Å². The van der Waals surface area contributed by atoms with E-state index in [1.165, 1.54) is 4.90 Å². The lowest BCUT2D eigenvalue weighted by molar-refractivity contribution is 0.131. The minimum absolute atomic E-state index is 0.120. The van der Waals surface area contributed by atoms with Crippen LogP contribution >= 0.6 is 15.9 Å². The Hall–Kier alpha value is -1.03. The van der Waals surface area contributed by atoms with E-state index in [1.54, 1.807) is 0 Å². The highest BCUT2D eigenvalue weighted by atomic mass is 79.9. The van der Waals surface area contributed by atoms with Gasteiger partial charge in [0.1, 0.15) is 0 Å². The first-order chi connectivity index (χ1) is 7.06. The maximum atomic E-state index is 10.9. The van der Waals surface area contributed by atoms with Crippen molar-refractivity contribution in [1.82, 2.24) is 4.90 Å². The van der Waals surface area contributed by atoms with E-state index in [-0.39, 0.29) is 6.04 Å². The Morgan fingerprint density at radius 3 is 2.73 bits per heavy atom. The molecule has 0 saturated heterocycles. The molecular formula is C11H14BrNO2. The number of halogens is 1. The second-order valence-electron chi connectivity index (χ2n) is 3.30. The molecule has 4 heteroatoms. The van der Waals surface area contributed by atoms with Gasteiger partial charge in [0.25, 0.3) is 0 Å². The molecule has 82 valence electrons. The molecule has 0 aliphatic carbocycles. The molecule has 0 aliphatic rings. The topological polar surface area (TPSA) is 40.5 Å². The Morgan fingerprint density at radius 1 is 1.60 bits per heavy atom. The molecule has 15 heavy (non-hydrogen) atoms. The van der Waals surface area contributed by atoms with E-state index in [4.69, 9.17) is 5.11 Å². The summed E-state index contributed by atoms with van der Waals surface area (Å²) in [5.74, 6) is 0. The summed E-state index contributed by atoms with van der Waals surface area (Å²) in [7, 11) is 0. The van der Waals surface area contributed by atoms with Gasteiger partial charge in [0.15, 0.2) is 0 Å². The lowest BCUT2D eigenvalue weighted by Gasteiger charge is -2.25. The van der Waals surface area contributed by atoms with E-state index in [1.807, 2.05) is 38.1 Å².